The van der Waals surface area contributed by atoms with Crippen molar-refractivity contribution in [2.75, 3.05) is 26.3 Å². The fourth-order valence-corrected chi connectivity index (χ4v) is 4.95. The molecule has 0 spiro atoms. The Morgan fingerprint density at radius 2 is 1.47 bits per heavy atom. The van der Waals surface area contributed by atoms with E-state index >= 15 is 0 Å². The molecule has 1 saturated heterocycles. The van der Waals surface area contributed by atoms with E-state index < -0.39 is 10.0 Å². The Morgan fingerprint density at radius 3 is 2.15 bits per heavy atom. The molecule has 0 atom stereocenters. The van der Waals surface area contributed by atoms with Gasteiger partial charge in [-0.3, -0.25) is 4.79 Å². The standard InChI is InChI=1S/C26H27NO6S/c28-26(33-24-11-9-23(10-12-24)32-20-22-4-2-1-3-5-22)15-8-21-6-13-25(14-7-21)34(29,30)27-16-18-31-19-17-27/h1-7,9-14H,8,15-20H2. The zero-order chi connectivity index (χ0) is 23.8. The summed E-state index contributed by atoms with van der Waals surface area (Å²) in [5.41, 5.74) is 1.94. The van der Waals surface area contributed by atoms with E-state index in [4.69, 9.17) is 14.2 Å². The van der Waals surface area contributed by atoms with E-state index in [2.05, 4.69) is 0 Å². The molecule has 0 unspecified atom stereocenters. The number of morpholine rings is 1. The Hall–Kier alpha value is -3.20. The van der Waals surface area contributed by atoms with Gasteiger partial charge in [0.15, 0.2) is 0 Å². The van der Waals surface area contributed by atoms with Gasteiger partial charge < -0.3 is 14.2 Å². The third kappa shape index (κ3) is 6.44. The molecule has 1 fully saturated rings. The van der Waals surface area contributed by atoms with Gasteiger partial charge in [-0.05, 0) is 53.9 Å². The largest absolute Gasteiger partial charge is 0.489 e. The number of rotatable bonds is 9. The molecule has 0 N–H and O–H groups in total. The maximum atomic E-state index is 12.7. The first-order valence-corrected chi connectivity index (χ1v) is 12.6. The Balaban J connectivity index is 1.24. The van der Waals surface area contributed by atoms with Crippen molar-refractivity contribution in [2.24, 2.45) is 0 Å². The fourth-order valence-electron chi connectivity index (χ4n) is 3.54. The van der Waals surface area contributed by atoms with Gasteiger partial charge in [0, 0.05) is 19.5 Å². The molecule has 7 nitrogen and oxygen atoms in total. The lowest BCUT2D eigenvalue weighted by Crippen LogP contribution is -2.40. The summed E-state index contributed by atoms with van der Waals surface area (Å²) >= 11 is 0. The first-order valence-electron chi connectivity index (χ1n) is 11.1. The average molecular weight is 482 g/mol. The topological polar surface area (TPSA) is 82.1 Å². The van der Waals surface area contributed by atoms with Gasteiger partial charge in [-0.1, -0.05) is 42.5 Å². The molecule has 8 heteroatoms. The number of benzene rings is 3. The lowest BCUT2D eigenvalue weighted by atomic mass is 10.1. The average Bonchev–Trinajstić information content (AvgIpc) is 2.88. The van der Waals surface area contributed by atoms with Gasteiger partial charge in [0.2, 0.25) is 10.0 Å². The summed E-state index contributed by atoms with van der Waals surface area (Å²) < 4.78 is 43.2. The van der Waals surface area contributed by atoms with Crippen LogP contribution in [0.25, 0.3) is 0 Å². The van der Waals surface area contributed by atoms with Crippen LogP contribution in [0.4, 0.5) is 0 Å². The minimum absolute atomic E-state index is 0.182. The predicted molar refractivity (Wildman–Crippen MR) is 127 cm³/mol. The molecule has 0 aromatic heterocycles. The molecule has 3 aromatic rings. The number of esters is 1. The zero-order valence-electron chi connectivity index (χ0n) is 18.8. The Kier molecular flexibility index (Phi) is 7.95. The number of hydrogen-bond donors (Lipinski definition) is 0. The van der Waals surface area contributed by atoms with Crippen LogP contribution in [-0.2, 0) is 32.6 Å². The monoisotopic (exact) mass is 481 g/mol. The second-order valence-electron chi connectivity index (χ2n) is 7.88. The van der Waals surface area contributed by atoms with Crippen LogP contribution in [0.2, 0.25) is 0 Å². The van der Waals surface area contributed by atoms with Crippen molar-refractivity contribution in [3.63, 3.8) is 0 Å². The number of sulfonamides is 1. The number of hydrogen-bond acceptors (Lipinski definition) is 6. The van der Waals surface area contributed by atoms with Crippen LogP contribution in [0.15, 0.2) is 83.8 Å². The lowest BCUT2D eigenvalue weighted by molar-refractivity contribution is -0.134. The number of carbonyl (C=O) groups excluding carboxylic acids is 1. The first-order chi connectivity index (χ1) is 16.5. The van der Waals surface area contributed by atoms with Crippen LogP contribution < -0.4 is 9.47 Å². The molecule has 34 heavy (non-hydrogen) atoms. The van der Waals surface area contributed by atoms with Crippen LogP contribution in [0, 0.1) is 0 Å². The summed E-state index contributed by atoms with van der Waals surface area (Å²) in [6.07, 6.45) is 0.636. The molecule has 0 amide bonds. The van der Waals surface area contributed by atoms with E-state index in [1.54, 1.807) is 48.5 Å². The zero-order valence-corrected chi connectivity index (χ0v) is 19.6. The number of carbonyl (C=O) groups is 1. The first kappa shape index (κ1) is 23.9. The van der Waals surface area contributed by atoms with Crippen molar-refractivity contribution in [2.45, 2.75) is 24.3 Å². The van der Waals surface area contributed by atoms with Crippen LogP contribution >= 0.6 is 0 Å². The van der Waals surface area contributed by atoms with Gasteiger partial charge in [-0.15, -0.1) is 0 Å². The van der Waals surface area contributed by atoms with Crippen molar-refractivity contribution in [1.29, 1.82) is 0 Å². The molecule has 4 rings (SSSR count). The molecule has 1 heterocycles. The fraction of sp³-hybridized carbons (Fsp3) is 0.269. The van der Waals surface area contributed by atoms with E-state index in [9.17, 15) is 13.2 Å². The summed E-state index contributed by atoms with van der Waals surface area (Å²) in [5, 5.41) is 0. The second kappa shape index (κ2) is 11.3. The molecule has 0 aliphatic carbocycles. The molecule has 0 bridgehead atoms. The van der Waals surface area contributed by atoms with Crippen LogP contribution in [0.3, 0.4) is 0 Å². The van der Waals surface area contributed by atoms with Gasteiger partial charge in [-0.2, -0.15) is 4.31 Å². The third-order valence-corrected chi connectivity index (χ3v) is 7.37. The lowest BCUT2D eigenvalue weighted by Gasteiger charge is -2.26. The van der Waals surface area contributed by atoms with Crippen molar-refractivity contribution in [1.82, 2.24) is 4.31 Å². The summed E-state index contributed by atoms with van der Waals surface area (Å²) in [6, 6.07) is 23.4. The highest BCUT2D eigenvalue weighted by atomic mass is 32.2. The van der Waals surface area contributed by atoms with Gasteiger partial charge in [0.1, 0.15) is 18.1 Å². The summed E-state index contributed by atoms with van der Waals surface area (Å²) in [7, 11) is -3.52. The molecule has 1 aliphatic heterocycles. The van der Waals surface area contributed by atoms with Gasteiger partial charge in [0.25, 0.3) is 0 Å². The highest BCUT2D eigenvalue weighted by molar-refractivity contribution is 7.89. The molecule has 3 aromatic carbocycles. The van der Waals surface area contributed by atoms with Crippen molar-refractivity contribution in [3.8, 4) is 11.5 Å². The molecule has 1 aliphatic rings. The normalized spacial score (nSPS) is 14.5. The molecule has 0 radical (unpaired) electrons. The number of ether oxygens (including phenoxy) is 3. The van der Waals surface area contributed by atoms with Gasteiger partial charge in [-0.25, -0.2) is 8.42 Å². The van der Waals surface area contributed by atoms with E-state index in [1.807, 2.05) is 30.3 Å². The van der Waals surface area contributed by atoms with Gasteiger partial charge >= 0.3 is 5.97 Å². The molecule has 0 saturated carbocycles. The third-order valence-electron chi connectivity index (χ3n) is 5.45. The Labute approximate surface area is 199 Å². The Bertz CT molecular complexity index is 1170. The minimum Gasteiger partial charge on any atom is -0.489 e. The SMILES string of the molecule is O=C(CCc1ccc(S(=O)(=O)N2CCOCC2)cc1)Oc1ccc(OCc2ccccc2)cc1. The van der Waals surface area contributed by atoms with E-state index in [0.717, 1.165) is 11.1 Å². The maximum absolute atomic E-state index is 12.7. The quantitative estimate of drug-likeness (QED) is 0.341. The van der Waals surface area contributed by atoms with Crippen LogP contribution in [-0.4, -0.2) is 45.0 Å². The highest BCUT2D eigenvalue weighted by Gasteiger charge is 2.26. The van der Waals surface area contributed by atoms with Crippen molar-refractivity contribution >= 4 is 16.0 Å². The van der Waals surface area contributed by atoms with Crippen molar-refractivity contribution in [3.05, 3.63) is 90.0 Å². The Morgan fingerprint density at radius 1 is 0.824 bits per heavy atom. The molecule has 178 valence electrons. The van der Waals surface area contributed by atoms with E-state index in [0.29, 0.717) is 50.8 Å². The minimum atomic E-state index is -3.52. The predicted octanol–water partition coefficient (Wildman–Crippen LogP) is 3.82. The van der Waals surface area contributed by atoms with Crippen LogP contribution in [0.5, 0.6) is 11.5 Å². The summed E-state index contributed by atoms with van der Waals surface area (Å²) in [5.74, 6) is 0.780. The van der Waals surface area contributed by atoms with Crippen LogP contribution in [0.1, 0.15) is 17.5 Å². The van der Waals surface area contributed by atoms with Crippen molar-refractivity contribution < 1.29 is 27.4 Å². The molecular weight excluding hydrogens is 454 g/mol. The van der Waals surface area contributed by atoms with E-state index in [-0.39, 0.29) is 17.3 Å². The smallest absolute Gasteiger partial charge is 0.311 e. The second-order valence-corrected chi connectivity index (χ2v) is 9.82. The number of aryl methyl sites for hydroxylation is 1. The summed E-state index contributed by atoms with van der Waals surface area (Å²) in [4.78, 5) is 12.5. The van der Waals surface area contributed by atoms with Gasteiger partial charge in [0.05, 0.1) is 18.1 Å². The number of nitrogens with zero attached hydrogens (tertiary/aromatic N) is 1. The maximum Gasteiger partial charge on any atom is 0.311 e. The van der Waals surface area contributed by atoms with E-state index in [1.165, 1.54) is 4.31 Å². The molecular formula is C26H27NO6S. The summed E-state index contributed by atoms with van der Waals surface area (Å²) in [6.45, 7) is 1.99. The highest BCUT2D eigenvalue weighted by Crippen LogP contribution is 2.21.